The molecule has 27 heavy (non-hydrogen) atoms. The van der Waals surface area contributed by atoms with E-state index in [1.807, 2.05) is 0 Å². The fourth-order valence-corrected chi connectivity index (χ4v) is 3.08. The maximum atomic E-state index is 12.9. The van der Waals surface area contributed by atoms with Gasteiger partial charge in [-0.05, 0) is 12.1 Å². The van der Waals surface area contributed by atoms with E-state index in [1.165, 1.54) is 27.7 Å². The number of piperidine rings is 1. The summed E-state index contributed by atoms with van der Waals surface area (Å²) in [5, 5.41) is 0. The fourth-order valence-electron chi connectivity index (χ4n) is 3.08. The molecular formula is C19H23N3O5. The molecule has 1 aliphatic rings. The van der Waals surface area contributed by atoms with Gasteiger partial charge in [0.2, 0.25) is 11.6 Å². The zero-order valence-electron chi connectivity index (χ0n) is 15.7. The number of methoxy groups -OCH3 is 3. The molecule has 3 rings (SSSR count). The Morgan fingerprint density at radius 3 is 2.26 bits per heavy atom. The zero-order chi connectivity index (χ0) is 19.2. The number of carbonyl (C=O) groups is 1. The third kappa shape index (κ3) is 4.21. The van der Waals surface area contributed by atoms with Crippen LogP contribution in [-0.4, -0.2) is 61.3 Å². The number of rotatable bonds is 6. The van der Waals surface area contributed by atoms with E-state index in [0.29, 0.717) is 41.8 Å². The maximum Gasteiger partial charge on any atom is 0.254 e. The van der Waals surface area contributed by atoms with Crippen LogP contribution < -0.4 is 18.9 Å². The smallest absolute Gasteiger partial charge is 0.254 e. The normalized spacial score (nSPS) is 14.6. The lowest BCUT2D eigenvalue weighted by Crippen LogP contribution is -2.41. The number of carbonyl (C=O) groups excluding carboxylic acids is 1. The SMILES string of the molecule is COc1cc(C(=O)N2CCC(Oc3ccncn3)CC2)cc(OC)c1OC. The third-order valence-corrected chi connectivity index (χ3v) is 4.48. The highest BCUT2D eigenvalue weighted by molar-refractivity contribution is 5.95. The molecule has 0 bridgehead atoms. The fraction of sp³-hybridized carbons (Fsp3) is 0.421. The Balaban J connectivity index is 1.67. The quantitative estimate of drug-likeness (QED) is 0.767. The van der Waals surface area contributed by atoms with Gasteiger partial charge in [0.1, 0.15) is 12.4 Å². The first-order valence-corrected chi connectivity index (χ1v) is 8.68. The van der Waals surface area contributed by atoms with Gasteiger partial charge in [0.15, 0.2) is 11.5 Å². The maximum absolute atomic E-state index is 12.9. The third-order valence-electron chi connectivity index (χ3n) is 4.48. The van der Waals surface area contributed by atoms with Crippen molar-refractivity contribution in [1.82, 2.24) is 14.9 Å². The van der Waals surface area contributed by atoms with Crippen LogP contribution in [0.25, 0.3) is 0 Å². The largest absolute Gasteiger partial charge is 0.493 e. The second-order valence-electron chi connectivity index (χ2n) is 6.07. The molecule has 1 amide bonds. The molecule has 0 aliphatic carbocycles. The van der Waals surface area contributed by atoms with Crippen LogP contribution in [0.3, 0.4) is 0 Å². The van der Waals surface area contributed by atoms with Gasteiger partial charge in [0.25, 0.3) is 5.91 Å². The molecule has 2 aromatic rings. The van der Waals surface area contributed by atoms with Crippen LogP contribution in [0.2, 0.25) is 0 Å². The number of likely N-dealkylation sites (tertiary alicyclic amines) is 1. The summed E-state index contributed by atoms with van der Waals surface area (Å²) in [6.45, 7) is 1.20. The summed E-state index contributed by atoms with van der Waals surface area (Å²) in [5.74, 6) is 1.87. The van der Waals surface area contributed by atoms with Gasteiger partial charge in [-0.1, -0.05) is 0 Å². The second-order valence-corrected chi connectivity index (χ2v) is 6.07. The Bertz CT molecular complexity index is 751. The van der Waals surface area contributed by atoms with Crippen molar-refractivity contribution in [2.75, 3.05) is 34.4 Å². The molecule has 1 saturated heterocycles. The van der Waals surface area contributed by atoms with Gasteiger partial charge >= 0.3 is 0 Å². The summed E-state index contributed by atoms with van der Waals surface area (Å²) < 4.78 is 21.8. The highest BCUT2D eigenvalue weighted by Gasteiger charge is 2.26. The number of benzene rings is 1. The summed E-state index contributed by atoms with van der Waals surface area (Å²) >= 11 is 0. The first-order valence-electron chi connectivity index (χ1n) is 8.68. The number of hydrogen-bond acceptors (Lipinski definition) is 7. The van der Waals surface area contributed by atoms with Crippen molar-refractivity contribution in [3.63, 3.8) is 0 Å². The van der Waals surface area contributed by atoms with Crippen LogP contribution in [0.4, 0.5) is 0 Å². The average Bonchev–Trinajstić information content (AvgIpc) is 2.73. The molecule has 0 radical (unpaired) electrons. The van der Waals surface area contributed by atoms with Crippen LogP contribution in [0.15, 0.2) is 30.7 Å². The number of amides is 1. The van der Waals surface area contributed by atoms with E-state index in [-0.39, 0.29) is 12.0 Å². The number of hydrogen-bond donors (Lipinski definition) is 0. The van der Waals surface area contributed by atoms with E-state index >= 15 is 0 Å². The molecule has 8 heteroatoms. The Kier molecular flexibility index (Phi) is 5.95. The summed E-state index contributed by atoms with van der Waals surface area (Å²) in [4.78, 5) is 22.7. The molecule has 0 atom stereocenters. The number of nitrogens with zero attached hydrogens (tertiary/aromatic N) is 3. The van der Waals surface area contributed by atoms with E-state index in [0.717, 1.165) is 12.8 Å². The first kappa shape index (κ1) is 18.8. The van der Waals surface area contributed by atoms with Crippen molar-refractivity contribution in [3.8, 4) is 23.1 Å². The summed E-state index contributed by atoms with van der Waals surface area (Å²) in [7, 11) is 4.59. The van der Waals surface area contributed by atoms with Gasteiger partial charge in [0, 0.05) is 43.8 Å². The van der Waals surface area contributed by atoms with Crippen LogP contribution in [0.5, 0.6) is 23.1 Å². The molecule has 0 N–H and O–H groups in total. The molecule has 1 aromatic carbocycles. The standard InChI is InChI=1S/C19H23N3O5/c1-24-15-10-13(11-16(25-2)18(15)26-3)19(23)22-8-5-14(6-9-22)27-17-4-7-20-12-21-17/h4,7,10-12,14H,5-6,8-9H2,1-3H3. The lowest BCUT2D eigenvalue weighted by Gasteiger charge is -2.32. The lowest BCUT2D eigenvalue weighted by atomic mass is 10.1. The van der Waals surface area contributed by atoms with Crippen molar-refractivity contribution >= 4 is 5.91 Å². The molecule has 8 nitrogen and oxygen atoms in total. The Morgan fingerprint density at radius 1 is 1.07 bits per heavy atom. The van der Waals surface area contributed by atoms with Crippen LogP contribution in [-0.2, 0) is 0 Å². The zero-order valence-corrected chi connectivity index (χ0v) is 15.7. The number of aromatic nitrogens is 2. The van der Waals surface area contributed by atoms with Gasteiger partial charge in [-0.15, -0.1) is 0 Å². The van der Waals surface area contributed by atoms with Gasteiger partial charge in [0.05, 0.1) is 21.3 Å². The minimum Gasteiger partial charge on any atom is -0.493 e. The Hall–Kier alpha value is -3.03. The highest BCUT2D eigenvalue weighted by atomic mass is 16.5. The van der Waals surface area contributed by atoms with E-state index < -0.39 is 0 Å². The van der Waals surface area contributed by atoms with Crippen LogP contribution >= 0.6 is 0 Å². The van der Waals surface area contributed by atoms with E-state index in [1.54, 1.807) is 29.3 Å². The monoisotopic (exact) mass is 373 g/mol. The molecule has 144 valence electrons. The molecule has 1 fully saturated rings. The molecule has 0 saturated carbocycles. The molecule has 0 unspecified atom stereocenters. The minimum atomic E-state index is -0.0743. The highest BCUT2D eigenvalue weighted by Crippen LogP contribution is 2.38. The van der Waals surface area contributed by atoms with Crippen molar-refractivity contribution in [3.05, 3.63) is 36.3 Å². The number of ether oxygens (including phenoxy) is 4. The lowest BCUT2D eigenvalue weighted by molar-refractivity contribution is 0.0587. The molecule has 2 heterocycles. The molecule has 0 spiro atoms. The minimum absolute atomic E-state index is 0.0314. The van der Waals surface area contributed by atoms with E-state index in [9.17, 15) is 4.79 Å². The Morgan fingerprint density at radius 2 is 1.74 bits per heavy atom. The second kappa shape index (κ2) is 8.57. The van der Waals surface area contributed by atoms with Crippen molar-refractivity contribution in [1.29, 1.82) is 0 Å². The van der Waals surface area contributed by atoms with Gasteiger partial charge < -0.3 is 23.8 Å². The molecule has 1 aliphatic heterocycles. The van der Waals surface area contributed by atoms with E-state index in [2.05, 4.69) is 9.97 Å². The predicted molar refractivity (Wildman–Crippen MR) is 97.7 cm³/mol. The summed E-state index contributed by atoms with van der Waals surface area (Å²) in [6.07, 6.45) is 4.61. The van der Waals surface area contributed by atoms with Crippen LogP contribution in [0, 0.1) is 0 Å². The predicted octanol–water partition coefficient (Wildman–Crippen LogP) is 2.19. The van der Waals surface area contributed by atoms with E-state index in [4.69, 9.17) is 18.9 Å². The average molecular weight is 373 g/mol. The van der Waals surface area contributed by atoms with Crippen molar-refractivity contribution in [2.24, 2.45) is 0 Å². The van der Waals surface area contributed by atoms with Gasteiger partial charge in [-0.25, -0.2) is 9.97 Å². The van der Waals surface area contributed by atoms with Gasteiger partial charge in [-0.2, -0.15) is 0 Å². The molecule has 1 aromatic heterocycles. The van der Waals surface area contributed by atoms with Crippen molar-refractivity contribution in [2.45, 2.75) is 18.9 Å². The van der Waals surface area contributed by atoms with Crippen molar-refractivity contribution < 1.29 is 23.7 Å². The summed E-state index contributed by atoms with van der Waals surface area (Å²) in [6, 6.07) is 5.08. The van der Waals surface area contributed by atoms with Gasteiger partial charge in [-0.3, -0.25) is 4.79 Å². The first-order chi connectivity index (χ1) is 13.2. The molecular weight excluding hydrogens is 350 g/mol. The summed E-state index contributed by atoms with van der Waals surface area (Å²) in [5.41, 5.74) is 0.500. The Labute approximate surface area is 158 Å². The van der Waals surface area contributed by atoms with Crippen LogP contribution in [0.1, 0.15) is 23.2 Å². The topological polar surface area (TPSA) is 83.0 Å².